The van der Waals surface area contributed by atoms with Gasteiger partial charge in [-0.1, -0.05) is 11.6 Å². The van der Waals surface area contributed by atoms with E-state index in [2.05, 4.69) is 30.9 Å². The molecule has 16 heavy (non-hydrogen) atoms. The van der Waals surface area contributed by atoms with Crippen LogP contribution in [0.2, 0.25) is 5.02 Å². The molecule has 0 atom stereocenters. The smallest absolute Gasteiger partial charge is 0.238 e. The van der Waals surface area contributed by atoms with Gasteiger partial charge in [-0.3, -0.25) is 4.98 Å². The predicted molar refractivity (Wildman–Crippen MR) is 63.5 cm³/mol. The van der Waals surface area contributed by atoms with Crippen molar-refractivity contribution in [2.24, 2.45) is 0 Å². The quantitative estimate of drug-likeness (QED) is 0.923. The maximum absolute atomic E-state index is 5.77. The van der Waals surface area contributed by atoms with E-state index in [0.717, 1.165) is 0 Å². The van der Waals surface area contributed by atoms with Gasteiger partial charge in [0.05, 0.1) is 21.9 Å². The number of ether oxygens (including phenoxy) is 1. The Morgan fingerprint density at radius 2 is 2.12 bits per heavy atom. The monoisotopic (exact) mass is 300 g/mol. The second-order valence-corrected chi connectivity index (χ2v) is 4.11. The van der Waals surface area contributed by atoms with Gasteiger partial charge in [-0.15, -0.1) is 0 Å². The van der Waals surface area contributed by atoms with Gasteiger partial charge in [0, 0.05) is 12.3 Å². The molecule has 0 aliphatic carbocycles. The third kappa shape index (κ3) is 2.59. The largest absolute Gasteiger partial charge is 0.436 e. The van der Waals surface area contributed by atoms with Crippen LogP contribution in [0.1, 0.15) is 0 Å². The fourth-order valence-electron chi connectivity index (χ4n) is 0.996. The van der Waals surface area contributed by atoms with Crippen molar-refractivity contribution in [3.8, 4) is 11.6 Å². The minimum Gasteiger partial charge on any atom is -0.436 e. The molecule has 0 saturated heterocycles. The fourth-order valence-corrected chi connectivity index (χ4v) is 1.43. The highest BCUT2D eigenvalue weighted by Gasteiger charge is 2.06. The number of nitrogens with zero attached hydrogens (tertiary/aromatic N) is 3. The topological polar surface area (TPSA) is 73.9 Å². The molecule has 7 heteroatoms. The third-order valence-electron chi connectivity index (χ3n) is 1.62. The van der Waals surface area contributed by atoms with Gasteiger partial charge in [-0.25, -0.2) is 4.98 Å². The molecule has 2 heterocycles. The SMILES string of the molecule is Nc1ncc(Br)c(Oc2cncc(Cl)c2)n1. The van der Waals surface area contributed by atoms with Crippen LogP contribution in [0.4, 0.5) is 5.95 Å². The first kappa shape index (κ1) is 11.1. The van der Waals surface area contributed by atoms with Crippen molar-refractivity contribution in [1.29, 1.82) is 0 Å². The van der Waals surface area contributed by atoms with Gasteiger partial charge in [0.2, 0.25) is 11.8 Å². The van der Waals surface area contributed by atoms with Gasteiger partial charge in [0.15, 0.2) is 0 Å². The van der Waals surface area contributed by atoms with Crippen molar-refractivity contribution in [3.63, 3.8) is 0 Å². The molecule has 0 fully saturated rings. The zero-order valence-corrected chi connectivity index (χ0v) is 10.2. The number of hydrogen-bond acceptors (Lipinski definition) is 5. The number of anilines is 1. The summed E-state index contributed by atoms with van der Waals surface area (Å²) in [7, 11) is 0. The Kier molecular flexibility index (Phi) is 3.21. The lowest BCUT2D eigenvalue weighted by atomic mass is 10.4. The summed E-state index contributed by atoms with van der Waals surface area (Å²) in [6.07, 6.45) is 4.55. The Balaban J connectivity index is 2.30. The highest BCUT2D eigenvalue weighted by Crippen LogP contribution is 2.27. The first-order valence-corrected chi connectivity index (χ1v) is 5.38. The summed E-state index contributed by atoms with van der Waals surface area (Å²) in [5, 5.41) is 0.482. The molecule has 82 valence electrons. The van der Waals surface area contributed by atoms with Crippen LogP contribution in [0.5, 0.6) is 11.6 Å². The second kappa shape index (κ2) is 4.63. The highest BCUT2D eigenvalue weighted by atomic mass is 79.9. The molecule has 0 radical (unpaired) electrons. The summed E-state index contributed by atoms with van der Waals surface area (Å²) in [6.45, 7) is 0. The van der Waals surface area contributed by atoms with E-state index in [0.29, 0.717) is 21.1 Å². The molecular formula is C9H6BrClN4O. The Morgan fingerprint density at radius 1 is 1.31 bits per heavy atom. The number of hydrogen-bond donors (Lipinski definition) is 1. The van der Waals surface area contributed by atoms with Crippen LogP contribution in [0.25, 0.3) is 0 Å². The minimum absolute atomic E-state index is 0.133. The summed E-state index contributed by atoms with van der Waals surface area (Å²) in [6, 6.07) is 1.62. The summed E-state index contributed by atoms with van der Waals surface area (Å²) in [5.74, 6) is 0.927. The Hall–Kier alpha value is -1.40. The second-order valence-electron chi connectivity index (χ2n) is 2.82. The standard InChI is InChI=1S/C9H6BrClN4O/c10-7-4-14-9(12)15-8(7)16-6-1-5(11)2-13-3-6/h1-4H,(H2,12,14,15). The highest BCUT2D eigenvalue weighted by molar-refractivity contribution is 9.10. The lowest BCUT2D eigenvalue weighted by Crippen LogP contribution is -1.97. The molecule has 2 rings (SSSR count). The Morgan fingerprint density at radius 3 is 2.88 bits per heavy atom. The molecule has 0 saturated carbocycles. The third-order valence-corrected chi connectivity index (χ3v) is 2.38. The van der Waals surface area contributed by atoms with Gasteiger partial charge < -0.3 is 10.5 Å². The lowest BCUT2D eigenvalue weighted by molar-refractivity contribution is 0.457. The average Bonchev–Trinajstić information content (AvgIpc) is 2.24. The molecule has 0 aliphatic rings. The molecule has 2 aromatic rings. The Bertz CT molecular complexity index is 523. The maximum atomic E-state index is 5.77. The predicted octanol–water partition coefficient (Wildman–Crippen LogP) is 2.66. The summed E-state index contributed by atoms with van der Waals surface area (Å²) < 4.78 is 6.04. The molecular weight excluding hydrogens is 295 g/mol. The van der Waals surface area contributed by atoms with E-state index in [1.165, 1.54) is 18.6 Å². The van der Waals surface area contributed by atoms with Crippen LogP contribution in [0.15, 0.2) is 29.1 Å². The molecule has 0 amide bonds. The van der Waals surface area contributed by atoms with E-state index in [-0.39, 0.29) is 5.95 Å². The van der Waals surface area contributed by atoms with Crippen LogP contribution >= 0.6 is 27.5 Å². The van der Waals surface area contributed by atoms with Gasteiger partial charge in [0.1, 0.15) is 5.75 Å². The van der Waals surface area contributed by atoms with E-state index < -0.39 is 0 Å². The first-order valence-electron chi connectivity index (χ1n) is 4.21. The molecule has 2 aromatic heterocycles. The average molecular weight is 302 g/mol. The maximum Gasteiger partial charge on any atom is 0.238 e. The van der Waals surface area contributed by atoms with E-state index in [4.69, 9.17) is 22.1 Å². The van der Waals surface area contributed by atoms with Crippen molar-refractivity contribution in [1.82, 2.24) is 15.0 Å². The van der Waals surface area contributed by atoms with Crippen molar-refractivity contribution < 1.29 is 4.74 Å². The Labute approximate surface area is 105 Å². The number of nitrogen functional groups attached to an aromatic ring is 1. The van der Waals surface area contributed by atoms with E-state index >= 15 is 0 Å². The van der Waals surface area contributed by atoms with Crippen molar-refractivity contribution in [2.45, 2.75) is 0 Å². The molecule has 0 spiro atoms. The first-order chi connectivity index (χ1) is 7.65. The van der Waals surface area contributed by atoms with E-state index in [1.54, 1.807) is 6.07 Å². The molecule has 0 bridgehead atoms. The van der Waals surface area contributed by atoms with Crippen LogP contribution in [0, 0.1) is 0 Å². The van der Waals surface area contributed by atoms with Crippen LogP contribution in [0.3, 0.4) is 0 Å². The summed E-state index contributed by atoms with van der Waals surface area (Å²) >= 11 is 9.02. The van der Waals surface area contributed by atoms with Crippen LogP contribution in [-0.4, -0.2) is 15.0 Å². The number of nitrogens with two attached hydrogens (primary N) is 1. The van der Waals surface area contributed by atoms with Crippen molar-refractivity contribution >= 4 is 33.5 Å². The number of pyridine rings is 1. The zero-order valence-electron chi connectivity index (χ0n) is 7.89. The molecule has 2 N–H and O–H groups in total. The number of rotatable bonds is 2. The summed E-state index contributed by atoms with van der Waals surface area (Å²) in [5.41, 5.74) is 5.45. The normalized spacial score (nSPS) is 10.1. The van der Waals surface area contributed by atoms with Gasteiger partial charge in [-0.05, 0) is 15.9 Å². The van der Waals surface area contributed by atoms with E-state index in [1.807, 2.05) is 0 Å². The molecule has 0 aliphatic heterocycles. The van der Waals surface area contributed by atoms with Crippen LogP contribution < -0.4 is 10.5 Å². The van der Waals surface area contributed by atoms with Gasteiger partial charge in [-0.2, -0.15) is 4.98 Å². The van der Waals surface area contributed by atoms with Crippen molar-refractivity contribution in [2.75, 3.05) is 5.73 Å². The van der Waals surface area contributed by atoms with E-state index in [9.17, 15) is 0 Å². The van der Waals surface area contributed by atoms with Crippen molar-refractivity contribution in [3.05, 3.63) is 34.2 Å². The fraction of sp³-hybridized carbons (Fsp3) is 0. The van der Waals surface area contributed by atoms with Crippen LogP contribution in [-0.2, 0) is 0 Å². The van der Waals surface area contributed by atoms with Gasteiger partial charge >= 0.3 is 0 Å². The molecule has 5 nitrogen and oxygen atoms in total. The summed E-state index contributed by atoms with van der Waals surface area (Å²) in [4.78, 5) is 11.6. The molecule has 0 aromatic carbocycles. The number of halogens is 2. The molecule has 0 unspecified atom stereocenters. The number of aromatic nitrogens is 3. The lowest BCUT2D eigenvalue weighted by Gasteiger charge is -2.06. The van der Waals surface area contributed by atoms with Gasteiger partial charge in [0.25, 0.3) is 0 Å². The minimum atomic E-state index is 0.133. The zero-order chi connectivity index (χ0) is 11.5.